The van der Waals surface area contributed by atoms with E-state index in [0.29, 0.717) is 12.2 Å². The van der Waals surface area contributed by atoms with Gasteiger partial charge in [-0.3, -0.25) is 9.59 Å². The average molecular weight is 502 g/mol. The summed E-state index contributed by atoms with van der Waals surface area (Å²) < 4.78 is 6.59. The van der Waals surface area contributed by atoms with Crippen LogP contribution in [0.25, 0.3) is 0 Å². The van der Waals surface area contributed by atoms with Crippen LogP contribution in [0.1, 0.15) is 71.4 Å². The van der Waals surface area contributed by atoms with Crippen molar-refractivity contribution in [1.29, 1.82) is 0 Å². The van der Waals surface area contributed by atoms with Crippen molar-refractivity contribution in [3.05, 3.63) is 6.20 Å². The molecule has 0 aliphatic carbocycles. The van der Waals surface area contributed by atoms with Gasteiger partial charge in [0.1, 0.15) is 24.4 Å². The zero-order valence-corrected chi connectivity index (χ0v) is 20.9. The minimum absolute atomic E-state index is 0.124. The largest absolute Gasteiger partial charge is 0.394 e. The number of rotatable bonds is 16. The number of unbranched alkanes of at least 4 members (excludes halogenated alkanes) is 5. The van der Waals surface area contributed by atoms with Crippen LogP contribution in [0.5, 0.6) is 0 Å². The van der Waals surface area contributed by atoms with E-state index in [0.717, 1.165) is 31.4 Å². The number of amides is 2. The molecular formula is C22H39N5O6S. The molecule has 0 bridgehead atoms. The summed E-state index contributed by atoms with van der Waals surface area (Å²) in [7, 11) is 0. The van der Waals surface area contributed by atoms with Gasteiger partial charge in [0.05, 0.1) is 12.8 Å². The molecule has 2 rings (SSSR count). The first-order valence-corrected chi connectivity index (χ1v) is 13.3. The van der Waals surface area contributed by atoms with E-state index in [-0.39, 0.29) is 11.7 Å². The number of thioether (sulfide) groups is 1. The highest BCUT2D eigenvalue weighted by molar-refractivity contribution is 7.99. The number of aliphatic hydroxyl groups excluding tert-OH is 3. The van der Waals surface area contributed by atoms with Gasteiger partial charge in [0.15, 0.2) is 12.0 Å². The molecule has 1 aliphatic heterocycles. The van der Waals surface area contributed by atoms with Crippen molar-refractivity contribution in [3.8, 4) is 0 Å². The Bertz CT molecular complexity index is 751. The Hall–Kier alpha value is -1.73. The highest BCUT2D eigenvalue weighted by Gasteiger charge is 2.44. The normalized spacial score (nSPS) is 23.1. The summed E-state index contributed by atoms with van der Waals surface area (Å²) in [5.74, 6) is 0.873. The zero-order valence-electron chi connectivity index (χ0n) is 20.1. The van der Waals surface area contributed by atoms with Crippen LogP contribution in [0.4, 0.5) is 5.82 Å². The lowest BCUT2D eigenvalue weighted by atomic mass is 10.1. The van der Waals surface area contributed by atoms with Crippen molar-refractivity contribution < 1.29 is 29.6 Å². The lowest BCUT2D eigenvalue weighted by molar-refractivity contribution is -0.126. The minimum atomic E-state index is -1.30. The molecule has 1 aromatic heterocycles. The van der Waals surface area contributed by atoms with E-state index in [1.807, 2.05) is 0 Å². The molecule has 0 spiro atoms. The van der Waals surface area contributed by atoms with Gasteiger partial charge in [-0.2, -0.15) is 11.8 Å². The molecule has 34 heavy (non-hydrogen) atoms. The van der Waals surface area contributed by atoms with Crippen molar-refractivity contribution in [2.45, 2.75) is 95.8 Å². The molecule has 5 N–H and O–H groups in total. The molecule has 2 amide bonds. The number of nitrogens with zero attached hydrogens (tertiary/aromatic N) is 3. The second-order valence-corrected chi connectivity index (χ2v) is 9.66. The van der Waals surface area contributed by atoms with Crippen molar-refractivity contribution in [1.82, 2.24) is 20.3 Å². The van der Waals surface area contributed by atoms with Crippen molar-refractivity contribution in [3.63, 3.8) is 0 Å². The summed E-state index contributed by atoms with van der Waals surface area (Å²) in [6.07, 6.45) is 4.64. The Morgan fingerprint density at radius 3 is 2.56 bits per heavy atom. The third-order valence-corrected chi connectivity index (χ3v) is 6.85. The molecular weight excluding hydrogens is 462 g/mol. The highest BCUT2D eigenvalue weighted by atomic mass is 32.2. The summed E-state index contributed by atoms with van der Waals surface area (Å²) in [4.78, 5) is 25.3. The maximum atomic E-state index is 12.9. The molecule has 194 valence electrons. The molecule has 1 saturated heterocycles. The van der Waals surface area contributed by atoms with E-state index < -0.39 is 43.1 Å². The molecule has 0 aromatic carbocycles. The van der Waals surface area contributed by atoms with Crippen molar-refractivity contribution in [2.24, 2.45) is 0 Å². The van der Waals surface area contributed by atoms with E-state index in [2.05, 4.69) is 34.8 Å². The predicted molar refractivity (Wildman–Crippen MR) is 129 cm³/mol. The van der Waals surface area contributed by atoms with E-state index in [4.69, 9.17) is 4.74 Å². The molecule has 11 nitrogen and oxygen atoms in total. The Labute approximate surface area is 205 Å². The van der Waals surface area contributed by atoms with Crippen molar-refractivity contribution >= 4 is 29.4 Å². The van der Waals surface area contributed by atoms with Crippen LogP contribution >= 0.6 is 11.8 Å². The molecule has 12 heteroatoms. The number of aromatic nitrogens is 3. The zero-order chi connectivity index (χ0) is 24.9. The van der Waals surface area contributed by atoms with Gasteiger partial charge in [0, 0.05) is 12.2 Å². The Kier molecular flexibility index (Phi) is 12.8. The Balaban J connectivity index is 1.90. The van der Waals surface area contributed by atoms with Gasteiger partial charge in [0.25, 0.3) is 0 Å². The summed E-state index contributed by atoms with van der Waals surface area (Å²) in [5.41, 5.74) is 0. The number of carbonyl (C=O) groups is 2. The SMILES string of the molecule is CCCCCCCCC(=O)N[C@H](CSCCC)C(=O)Nc1cn([C@H]2OC(CO)[C@@H](O)[C@@H]2O)nn1. The number of hydrogen-bond acceptors (Lipinski definition) is 9. The number of hydrogen-bond donors (Lipinski definition) is 5. The van der Waals surface area contributed by atoms with Crippen LogP contribution in [0.2, 0.25) is 0 Å². The Morgan fingerprint density at radius 2 is 1.88 bits per heavy atom. The first kappa shape index (κ1) is 28.5. The first-order chi connectivity index (χ1) is 16.4. The van der Waals surface area contributed by atoms with E-state index in [9.17, 15) is 24.9 Å². The predicted octanol–water partition coefficient (Wildman–Crippen LogP) is 1.21. The molecule has 1 aliphatic rings. The summed E-state index contributed by atoms with van der Waals surface area (Å²) in [5, 5.41) is 42.5. The smallest absolute Gasteiger partial charge is 0.249 e. The van der Waals surface area contributed by atoms with Gasteiger partial charge >= 0.3 is 0 Å². The van der Waals surface area contributed by atoms with Gasteiger partial charge in [-0.1, -0.05) is 51.2 Å². The van der Waals surface area contributed by atoms with Crippen LogP contribution in [-0.4, -0.2) is 84.6 Å². The molecule has 0 saturated carbocycles. The van der Waals surface area contributed by atoms with Crippen LogP contribution < -0.4 is 10.6 Å². The highest BCUT2D eigenvalue weighted by Crippen LogP contribution is 2.29. The first-order valence-electron chi connectivity index (χ1n) is 12.1. The summed E-state index contributed by atoms with van der Waals surface area (Å²) in [6, 6.07) is -0.719. The quantitative estimate of drug-likeness (QED) is 0.210. The molecule has 2 heterocycles. The fraction of sp³-hybridized carbons (Fsp3) is 0.818. The van der Waals surface area contributed by atoms with Crippen LogP contribution in [0, 0.1) is 0 Å². The fourth-order valence-electron chi connectivity index (χ4n) is 3.63. The van der Waals surface area contributed by atoms with E-state index >= 15 is 0 Å². The second-order valence-electron chi connectivity index (χ2n) is 8.51. The number of ether oxygens (including phenoxy) is 1. The average Bonchev–Trinajstić information content (AvgIpc) is 3.39. The third-order valence-electron chi connectivity index (χ3n) is 5.58. The summed E-state index contributed by atoms with van der Waals surface area (Å²) >= 11 is 1.59. The Morgan fingerprint density at radius 1 is 1.15 bits per heavy atom. The monoisotopic (exact) mass is 501 g/mol. The number of anilines is 1. The standard InChI is InChI=1S/C22H39N5O6S/c1-3-5-6-7-8-9-10-18(29)23-15(14-34-11-4-2)21(32)24-17-12-27(26-25-17)22-20(31)19(30)16(13-28)33-22/h12,15-16,19-20,22,28,30-31H,3-11,13-14H2,1-2H3,(H,23,29)(H,24,32)/t15-,16?,19-,20+,22+/m1/s1. The van der Waals surface area contributed by atoms with Gasteiger partial charge < -0.3 is 30.7 Å². The lowest BCUT2D eigenvalue weighted by Crippen LogP contribution is -2.45. The summed E-state index contributed by atoms with van der Waals surface area (Å²) in [6.45, 7) is 3.76. The van der Waals surface area contributed by atoms with Crippen molar-refractivity contribution in [2.75, 3.05) is 23.4 Å². The fourth-order valence-corrected chi connectivity index (χ4v) is 4.56. The van der Waals surface area contributed by atoms with E-state index in [1.54, 1.807) is 11.8 Å². The third kappa shape index (κ3) is 8.81. The maximum absolute atomic E-state index is 12.9. The second kappa shape index (κ2) is 15.3. The molecule has 1 unspecified atom stereocenters. The minimum Gasteiger partial charge on any atom is -0.394 e. The topological polar surface area (TPSA) is 159 Å². The molecule has 1 aromatic rings. The number of carbonyl (C=O) groups excluding carboxylic acids is 2. The molecule has 5 atom stereocenters. The van der Waals surface area contributed by atoms with E-state index in [1.165, 1.54) is 30.1 Å². The lowest BCUT2D eigenvalue weighted by Gasteiger charge is -2.17. The van der Waals surface area contributed by atoms with Gasteiger partial charge in [-0.05, 0) is 18.6 Å². The number of aliphatic hydroxyl groups is 3. The maximum Gasteiger partial charge on any atom is 0.249 e. The molecule has 1 fully saturated rings. The van der Waals surface area contributed by atoms with Crippen LogP contribution in [0.3, 0.4) is 0 Å². The molecule has 0 radical (unpaired) electrons. The van der Waals surface area contributed by atoms with Gasteiger partial charge in [0.2, 0.25) is 11.8 Å². The number of nitrogens with one attached hydrogen (secondary N) is 2. The van der Waals surface area contributed by atoms with Gasteiger partial charge in [-0.25, -0.2) is 4.68 Å². The van der Waals surface area contributed by atoms with Crippen LogP contribution in [0.15, 0.2) is 6.20 Å². The van der Waals surface area contributed by atoms with Crippen LogP contribution in [-0.2, 0) is 14.3 Å². The van der Waals surface area contributed by atoms with Gasteiger partial charge in [-0.15, -0.1) is 5.10 Å².